The molecular weight excluding hydrogens is 182 g/mol. The highest BCUT2D eigenvalue weighted by Gasteiger charge is 2.24. The Labute approximate surface area is 82.9 Å². The SMILES string of the molecule is CC(C)c1noc(C(=O)O)c1C(C)C. The maximum Gasteiger partial charge on any atom is 0.375 e. The van der Waals surface area contributed by atoms with E-state index in [0.717, 1.165) is 5.69 Å². The molecule has 0 aliphatic heterocycles. The summed E-state index contributed by atoms with van der Waals surface area (Å²) in [7, 11) is 0. The molecule has 0 aliphatic rings. The summed E-state index contributed by atoms with van der Waals surface area (Å²) < 4.78 is 4.83. The zero-order chi connectivity index (χ0) is 10.9. The summed E-state index contributed by atoms with van der Waals surface area (Å²) >= 11 is 0. The van der Waals surface area contributed by atoms with Crippen LogP contribution in [0.3, 0.4) is 0 Å². The second kappa shape index (κ2) is 3.82. The Morgan fingerprint density at radius 3 is 2.21 bits per heavy atom. The van der Waals surface area contributed by atoms with Crippen molar-refractivity contribution in [3.05, 3.63) is 17.0 Å². The van der Waals surface area contributed by atoms with Crippen LogP contribution in [0.4, 0.5) is 0 Å². The van der Waals surface area contributed by atoms with Crippen molar-refractivity contribution in [2.75, 3.05) is 0 Å². The number of aromatic nitrogens is 1. The molecular formula is C10H15NO3. The highest BCUT2D eigenvalue weighted by molar-refractivity contribution is 5.86. The highest BCUT2D eigenvalue weighted by Crippen LogP contribution is 2.28. The van der Waals surface area contributed by atoms with Gasteiger partial charge in [0, 0.05) is 5.56 Å². The summed E-state index contributed by atoms with van der Waals surface area (Å²) in [5, 5.41) is 12.7. The average Bonchev–Trinajstić information content (AvgIpc) is 2.46. The lowest BCUT2D eigenvalue weighted by atomic mass is 9.95. The minimum atomic E-state index is -1.05. The van der Waals surface area contributed by atoms with Crippen LogP contribution in [0.25, 0.3) is 0 Å². The van der Waals surface area contributed by atoms with E-state index < -0.39 is 5.97 Å². The standard InChI is InChI=1S/C10H15NO3/c1-5(2)7-8(6(3)4)11-14-9(7)10(12)13/h5-6H,1-4H3,(H,12,13). The van der Waals surface area contributed by atoms with Crippen LogP contribution in [-0.4, -0.2) is 16.2 Å². The van der Waals surface area contributed by atoms with Gasteiger partial charge in [-0.25, -0.2) is 4.79 Å². The van der Waals surface area contributed by atoms with Gasteiger partial charge in [-0.2, -0.15) is 0 Å². The Morgan fingerprint density at radius 1 is 1.29 bits per heavy atom. The number of hydrogen-bond acceptors (Lipinski definition) is 3. The summed E-state index contributed by atoms with van der Waals surface area (Å²) in [6.45, 7) is 7.81. The van der Waals surface area contributed by atoms with Crippen molar-refractivity contribution in [3.8, 4) is 0 Å². The van der Waals surface area contributed by atoms with E-state index in [1.54, 1.807) is 0 Å². The highest BCUT2D eigenvalue weighted by atomic mass is 16.5. The summed E-state index contributed by atoms with van der Waals surface area (Å²) in [6, 6.07) is 0. The van der Waals surface area contributed by atoms with E-state index in [1.165, 1.54) is 0 Å². The molecule has 1 aromatic heterocycles. The van der Waals surface area contributed by atoms with E-state index in [4.69, 9.17) is 9.63 Å². The van der Waals surface area contributed by atoms with Gasteiger partial charge in [-0.05, 0) is 11.8 Å². The number of carbonyl (C=O) groups is 1. The van der Waals surface area contributed by atoms with E-state index in [0.29, 0.717) is 5.56 Å². The van der Waals surface area contributed by atoms with Crippen LogP contribution in [-0.2, 0) is 0 Å². The van der Waals surface area contributed by atoms with Crippen LogP contribution in [0.1, 0.15) is 61.3 Å². The number of carboxylic acid groups (broad SMARTS) is 1. The molecule has 0 saturated heterocycles. The lowest BCUT2D eigenvalue weighted by Gasteiger charge is -2.07. The van der Waals surface area contributed by atoms with Crippen molar-refractivity contribution in [1.29, 1.82) is 0 Å². The minimum absolute atomic E-state index is 0.0244. The monoisotopic (exact) mass is 197 g/mol. The van der Waals surface area contributed by atoms with E-state index in [2.05, 4.69) is 5.16 Å². The fourth-order valence-electron chi connectivity index (χ4n) is 1.44. The molecule has 0 unspecified atom stereocenters. The molecule has 0 amide bonds. The first kappa shape index (κ1) is 10.8. The third kappa shape index (κ3) is 1.78. The molecule has 1 heterocycles. The van der Waals surface area contributed by atoms with Gasteiger partial charge in [-0.1, -0.05) is 32.9 Å². The van der Waals surface area contributed by atoms with Gasteiger partial charge in [-0.3, -0.25) is 0 Å². The summed E-state index contributed by atoms with van der Waals surface area (Å²) in [4.78, 5) is 10.8. The van der Waals surface area contributed by atoms with E-state index >= 15 is 0 Å². The van der Waals surface area contributed by atoms with Gasteiger partial charge < -0.3 is 9.63 Å². The number of rotatable bonds is 3. The molecule has 1 aromatic rings. The third-order valence-corrected chi connectivity index (χ3v) is 2.07. The van der Waals surface area contributed by atoms with Gasteiger partial charge in [0.25, 0.3) is 0 Å². The van der Waals surface area contributed by atoms with Crippen molar-refractivity contribution < 1.29 is 14.4 Å². The van der Waals surface area contributed by atoms with E-state index in [9.17, 15) is 4.79 Å². The Kier molecular flexibility index (Phi) is 2.93. The van der Waals surface area contributed by atoms with Gasteiger partial charge in [0.15, 0.2) is 0 Å². The Balaban J connectivity index is 3.27. The average molecular weight is 197 g/mol. The quantitative estimate of drug-likeness (QED) is 0.808. The fourth-order valence-corrected chi connectivity index (χ4v) is 1.44. The molecule has 0 bridgehead atoms. The lowest BCUT2D eigenvalue weighted by Crippen LogP contribution is -2.03. The van der Waals surface area contributed by atoms with Crippen molar-refractivity contribution in [3.63, 3.8) is 0 Å². The smallest absolute Gasteiger partial charge is 0.375 e. The van der Waals surface area contributed by atoms with Crippen molar-refractivity contribution in [2.24, 2.45) is 0 Å². The summed E-state index contributed by atoms with van der Waals surface area (Å²) in [6.07, 6.45) is 0. The molecule has 0 aromatic carbocycles. The fraction of sp³-hybridized carbons (Fsp3) is 0.600. The van der Waals surface area contributed by atoms with Crippen LogP contribution in [0.2, 0.25) is 0 Å². The zero-order valence-corrected chi connectivity index (χ0v) is 8.87. The van der Waals surface area contributed by atoms with Crippen molar-refractivity contribution in [2.45, 2.75) is 39.5 Å². The maximum atomic E-state index is 10.8. The van der Waals surface area contributed by atoms with Gasteiger partial charge >= 0.3 is 5.97 Å². The van der Waals surface area contributed by atoms with E-state index in [-0.39, 0.29) is 17.6 Å². The molecule has 78 valence electrons. The number of hydrogen-bond donors (Lipinski definition) is 1. The molecule has 0 aliphatic carbocycles. The van der Waals surface area contributed by atoms with E-state index in [1.807, 2.05) is 27.7 Å². The number of aromatic carboxylic acids is 1. The third-order valence-electron chi connectivity index (χ3n) is 2.07. The van der Waals surface area contributed by atoms with Crippen molar-refractivity contribution >= 4 is 5.97 Å². The van der Waals surface area contributed by atoms with Gasteiger partial charge in [-0.15, -0.1) is 0 Å². The first-order valence-electron chi connectivity index (χ1n) is 4.67. The maximum absolute atomic E-state index is 10.8. The van der Waals surface area contributed by atoms with Gasteiger partial charge in [0.2, 0.25) is 5.76 Å². The van der Waals surface area contributed by atoms with Crippen molar-refractivity contribution in [1.82, 2.24) is 5.16 Å². The molecule has 4 heteroatoms. The molecule has 1 rings (SSSR count). The second-order valence-corrected chi connectivity index (χ2v) is 3.93. The molecule has 0 radical (unpaired) electrons. The Hall–Kier alpha value is -1.32. The molecule has 4 nitrogen and oxygen atoms in total. The number of nitrogens with zero attached hydrogens (tertiary/aromatic N) is 1. The van der Waals surface area contributed by atoms with Gasteiger partial charge in [0.05, 0.1) is 5.69 Å². The molecule has 1 N–H and O–H groups in total. The normalized spacial score (nSPS) is 11.3. The predicted octanol–water partition coefficient (Wildman–Crippen LogP) is 2.62. The topological polar surface area (TPSA) is 63.3 Å². The minimum Gasteiger partial charge on any atom is -0.475 e. The molecule has 0 fully saturated rings. The molecule has 0 atom stereocenters. The van der Waals surface area contributed by atoms with Gasteiger partial charge in [0.1, 0.15) is 0 Å². The first-order chi connectivity index (χ1) is 6.45. The molecule has 0 spiro atoms. The van der Waals surface area contributed by atoms with Crippen LogP contribution >= 0.6 is 0 Å². The van der Waals surface area contributed by atoms with Crippen LogP contribution in [0, 0.1) is 0 Å². The largest absolute Gasteiger partial charge is 0.475 e. The van der Waals surface area contributed by atoms with Crippen LogP contribution in [0.5, 0.6) is 0 Å². The summed E-state index contributed by atoms with van der Waals surface area (Å²) in [5.41, 5.74) is 1.46. The Morgan fingerprint density at radius 2 is 1.86 bits per heavy atom. The molecule has 0 saturated carbocycles. The van der Waals surface area contributed by atoms with Crippen LogP contribution < -0.4 is 0 Å². The predicted molar refractivity (Wildman–Crippen MR) is 51.6 cm³/mol. The lowest BCUT2D eigenvalue weighted by molar-refractivity contribution is 0.0649. The Bertz CT molecular complexity index is 339. The second-order valence-electron chi connectivity index (χ2n) is 3.93. The van der Waals surface area contributed by atoms with Crippen LogP contribution in [0.15, 0.2) is 4.52 Å². The first-order valence-corrected chi connectivity index (χ1v) is 4.67. The zero-order valence-electron chi connectivity index (χ0n) is 8.87. The molecule has 14 heavy (non-hydrogen) atoms. The number of carboxylic acids is 1. The summed E-state index contributed by atoms with van der Waals surface area (Å²) in [5.74, 6) is -0.772.